The van der Waals surface area contributed by atoms with Gasteiger partial charge in [0.15, 0.2) is 5.43 Å². The van der Waals surface area contributed by atoms with Crippen molar-refractivity contribution >= 4 is 38.5 Å². The maximum atomic E-state index is 13.3. The maximum absolute atomic E-state index is 13.3. The van der Waals surface area contributed by atoms with Crippen molar-refractivity contribution in [3.63, 3.8) is 0 Å². The minimum Gasteiger partial charge on any atom is -0.440 e. The SMILES string of the molecule is Cc1cc(C(C)Nc2ccc(F)nc2Br)c2oc(N3CCOCC3)c(C)c(=O)c2c1. The van der Waals surface area contributed by atoms with Crippen molar-refractivity contribution in [1.29, 1.82) is 0 Å². The summed E-state index contributed by atoms with van der Waals surface area (Å²) >= 11 is 3.29. The number of aromatic nitrogens is 1. The molecule has 0 amide bonds. The number of morpholine rings is 1. The van der Waals surface area contributed by atoms with E-state index >= 15 is 0 Å². The fraction of sp³-hybridized carbons (Fsp3) is 0.364. The molecule has 0 bridgehead atoms. The number of hydrogen-bond donors (Lipinski definition) is 1. The van der Waals surface area contributed by atoms with Gasteiger partial charge in [-0.1, -0.05) is 6.07 Å². The van der Waals surface area contributed by atoms with Crippen LogP contribution < -0.4 is 15.6 Å². The molecule has 1 aliphatic rings. The first-order valence-electron chi connectivity index (χ1n) is 9.84. The van der Waals surface area contributed by atoms with Gasteiger partial charge in [-0.15, -0.1) is 0 Å². The van der Waals surface area contributed by atoms with E-state index in [2.05, 4.69) is 31.1 Å². The summed E-state index contributed by atoms with van der Waals surface area (Å²) in [4.78, 5) is 19.0. The van der Waals surface area contributed by atoms with Gasteiger partial charge in [0, 0.05) is 18.7 Å². The highest BCUT2D eigenvalue weighted by molar-refractivity contribution is 9.10. The summed E-state index contributed by atoms with van der Waals surface area (Å²) in [5.74, 6) is 0.0374. The summed E-state index contributed by atoms with van der Waals surface area (Å²) in [6, 6.07) is 6.59. The lowest BCUT2D eigenvalue weighted by atomic mass is 10.0. The summed E-state index contributed by atoms with van der Waals surface area (Å²) in [5, 5.41) is 3.89. The van der Waals surface area contributed by atoms with Crippen LogP contribution >= 0.6 is 15.9 Å². The number of benzene rings is 1. The van der Waals surface area contributed by atoms with E-state index in [-0.39, 0.29) is 11.5 Å². The standard InChI is InChI=1S/C22H23BrFN3O3/c1-12-10-15(14(3)25-17-4-5-18(24)26-21(17)23)20-16(11-12)19(28)13(2)22(30-20)27-6-8-29-9-7-27/h4-5,10-11,14,25H,6-9H2,1-3H3. The van der Waals surface area contributed by atoms with Crippen molar-refractivity contribution in [2.24, 2.45) is 0 Å². The number of nitrogens with one attached hydrogen (secondary N) is 1. The Hall–Kier alpha value is -2.45. The molecule has 1 N–H and O–H groups in total. The predicted octanol–water partition coefficient (Wildman–Crippen LogP) is 4.72. The molecule has 30 heavy (non-hydrogen) atoms. The van der Waals surface area contributed by atoms with E-state index in [1.165, 1.54) is 6.07 Å². The first kappa shape index (κ1) is 20.8. The Bertz CT molecular complexity index is 1160. The van der Waals surface area contributed by atoms with E-state index < -0.39 is 5.95 Å². The number of hydrogen-bond acceptors (Lipinski definition) is 6. The van der Waals surface area contributed by atoms with Crippen molar-refractivity contribution in [3.05, 3.63) is 61.7 Å². The van der Waals surface area contributed by atoms with Gasteiger partial charge in [0.1, 0.15) is 10.2 Å². The Morgan fingerprint density at radius 1 is 1.23 bits per heavy atom. The van der Waals surface area contributed by atoms with E-state index in [9.17, 15) is 9.18 Å². The van der Waals surface area contributed by atoms with Gasteiger partial charge < -0.3 is 19.4 Å². The Morgan fingerprint density at radius 3 is 2.67 bits per heavy atom. The second kappa shape index (κ2) is 8.35. The molecule has 3 heterocycles. The molecular formula is C22H23BrFN3O3. The van der Waals surface area contributed by atoms with Gasteiger partial charge >= 0.3 is 0 Å². The summed E-state index contributed by atoms with van der Waals surface area (Å²) < 4.78 is 25.5. The zero-order valence-electron chi connectivity index (χ0n) is 17.1. The van der Waals surface area contributed by atoms with Crippen LogP contribution in [-0.2, 0) is 4.74 Å². The molecule has 0 radical (unpaired) electrons. The summed E-state index contributed by atoms with van der Waals surface area (Å²) in [5.41, 5.74) is 3.61. The number of aryl methyl sites for hydroxylation is 1. The van der Waals surface area contributed by atoms with Crippen LogP contribution in [0, 0.1) is 19.8 Å². The van der Waals surface area contributed by atoms with Gasteiger partial charge in [-0.2, -0.15) is 4.39 Å². The first-order chi connectivity index (χ1) is 14.3. The molecule has 0 aliphatic carbocycles. The minimum atomic E-state index is -0.558. The number of pyridine rings is 1. The molecule has 1 fully saturated rings. The molecule has 1 aromatic carbocycles. The van der Waals surface area contributed by atoms with Crippen LogP contribution in [0.4, 0.5) is 16.0 Å². The minimum absolute atomic E-state index is 0.0282. The van der Waals surface area contributed by atoms with E-state index in [4.69, 9.17) is 9.15 Å². The highest BCUT2D eigenvalue weighted by atomic mass is 79.9. The molecule has 0 saturated carbocycles. The zero-order valence-corrected chi connectivity index (χ0v) is 18.7. The Balaban J connectivity index is 1.82. The fourth-order valence-electron chi connectivity index (χ4n) is 3.78. The van der Waals surface area contributed by atoms with Gasteiger partial charge in [-0.25, -0.2) is 4.98 Å². The highest BCUT2D eigenvalue weighted by Gasteiger charge is 2.22. The average Bonchev–Trinajstić information content (AvgIpc) is 2.73. The first-order valence-corrected chi connectivity index (χ1v) is 10.6. The lowest BCUT2D eigenvalue weighted by Gasteiger charge is -2.29. The molecule has 1 atom stereocenters. The molecule has 158 valence electrons. The van der Waals surface area contributed by atoms with Crippen LogP contribution in [0.2, 0.25) is 0 Å². The summed E-state index contributed by atoms with van der Waals surface area (Å²) in [7, 11) is 0. The van der Waals surface area contributed by atoms with Gasteiger partial charge in [0.25, 0.3) is 0 Å². The van der Waals surface area contributed by atoms with Crippen LogP contribution in [0.1, 0.15) is 29.7 Å². The maximum Gasteiger partial charge on any atom is 0.214 e. The van der Waals surface area contributed by atoms with E-state index in [1.807, 2.05) is 26.0 Å². The highest BCUT2D eigenvalue weighted by Crippen LogP contribution is 2.32. The number of anilines is 2. The van der Waals surface area contributed by atoms with Crippen LogP contribution in [0.15, 0.2) is 38.1 Å². The van der Waals surface area contributed by atoms with Crippen molar-refractivity contribution < 1.29 is 13.5 Å². The largest absolute Gasteiger partial charge is 0.440 e. The molecule has 6 nitrogen and oxygen atoms in total. The van der Waals surface area contributed by atoms with Crippen LogP contribution in [0.3, 0.4) is 0 Å². The predicted molar refractivity (Wildman–Crippen MR) is 119 cm³/mol. The Morgan fingerprint density at radius 2 is 1.97 bits per heavy atom. The number of ether oxygens (including phenoxy) is 1. The van der Waals surface area contributed by atoms with E-state index in [0.717, 1.165) is 11.1 Å². The number of rotatable bonds is 4. The lowest BCUT2D eigenvalue weighted by Crippen LogP contribution is -2.37. The Kier molecular flexibility index (Phi) is 5.79. The van der Waals surface area contributed by atoms with Crippen LogP contribution in [0.25, 0.3) is 11.0 Å². The van der Waals surface area contributed by atoms with E-state index in [1.54, 1.807) is 13.0 Å². The van der Waals surface area contributed by atoms with Gasteiger partial charge in [-0.3, -0.25) is 4.79 Å². The average molecular weight is 476 g/mol. The number of nitrogens with zero attached hydrogens (tertiary/aromatic N) is 2. The molecule has 1 unspecified atom stereocenters. The molecule has 0 spiro atoms. The summed E-state index contributed by atoms with van der Waals surface area (Å²) in [6.45, 7) is 8.29. The topological polar surface area (TPSA) is 67.6 Å². The van der Waals surface area contributed by atoms with Gasteiger partial charge in [0.2, 0.25) is 11.8 Å². The van der Waals surface area contributed by atoms with Gasteiger partial charge in [-0.05, 0) is 60.5 Å². The number of fused-ring (bicyclic) bond motifs is 1. The second-order valence-electron chi connectivity index (χ2n) is 7.53. The smallest absolute Gasteiger partial charge is 0.214 e. The third-order valence-electron chi connectivity index (χ3n) is 5.32. The molecule has 8 heteroatoms. The van der Waals surface area contributed by atoms with Gasteiger partial charge in [0.05, 0.1) is 35.9 Å². The third kappa shape index (κ3) is 3.94. The Labute approximate surface area is 182 Å². The van der Waals surface area contributed by atoms with Crippen LogP contribution in [0.5, 0.6) is 0 Å². The second-order valence-corrected chi connectivity index (χ2v) is 8.28. The summed E-state index contributed by atoms with van der Waals surface area (Å²) in [6.07, 6.45) is 0. The molecule has 4 rings (SSSR count). The lowest BCUT2D eigenvalue weighted by molar-refractivity contribution is 0.120. The third-order valence-corrected chi connectivity index (χ3v) is 5.92. The van der Waals surface area contributed by atoms with Crippen molar-refractivity contribution in [2.75, 3.05) is 36.5 Å². The van der Waals surface area contributed by atoms with Crippen molar-refractivity contribution in [3.8, 4) is 0 Å². The molecule has 1 saturated heterocycles. The van der Waals surface area contributed by atoms with Crippen molar-refractivity contribution in [2.45, 2.75) is 26.8 Å². The zero-order chi connectivity index (χ0) is 21.4. The number of halogens is 2. The fourth-order valence-corrected chi connectivity index (χ4v) is 4.19. The van der Waals surface area contributed by atoms with Crippen LogP contribution in [-0.4, -0.2) is 31.3 Å². The monoisotopic (exact) mass is 475 g/mol. The van der Waals surface area contributed by atoms with Crippen molar-refractivity contribution in [1.82, 2.24) is 4.98 Å². The molecule has 3 aromatic rings. The molecule has 1 aliphatic heterocycles. The molecular weight excluding hydrogens is 453 g/mol. The molecule has 2 aromatic heterocycles. The van der Waals surface area contributed by atoms with E-state index in [0.29, 0.717) is 59.0 Å². The normalized spacial score (nSPS) is 15.4. The quantitative estimate of drug-likeness (QED) is 0.550.